The van der Waals surface area contributed by atoms with Crippen LogP contribution in [0.15, 0.2) is 33.6 Å². The van der Waals surface area contributed by atoms with Gasteiger partial charge in [0.15, 0.2) is 5.89 Å². The molecule has 0 aliphatic heterocycles. The third-order valence-corrected chi connectivity index (χ3v) is 3.44. The fourth-order valence-corrected chi connectivity index (χ4v) is 2.24. The van der Waals surface area contributed by atoms with Gasteiger partial charge in [-0.25, -0.2) is 18.5 Å². The zero-order valence-electron chi connectivity index (χ0n) is 10.9. The van der Waals surface area contributed by atoms with Crippen molar-refractivity contribution in [2.24, 2.45) is 5.14 Å². The number of carbonyl (C=O) groups excluding carboxylic acids is 1. The highest BCUT2D eigenvalue weighted by Gasteiger charge is 2.16. The van der Waals surface area contributed by atoms with Crippen LogP contribution in [0.4, 0.5) is 5.69 Å². The van der Waals surface area contributed by atoms with Crippen molar-refractivity contribution in [2.45, 2.75) is 18.7 Å². The van der Waals surface area contributed by atoms with Crippen molar-refractivity contribution in [1.82, 2.24) is 4.98 Å². The van der Waals surface area contributed by atoms with Crippen molar-refractivity contribution in [2.75, 3.05) is 5.32 Å². The Balaban J connectivity index is 2.27. The minimum absolute atomic E-state index is 0.0826. The molecule has 0 atom stereocenters. The van der Waals surface area contributed by atoms with Crippen LogP contribution in [0.3, 0.4) is 0 Å². The molecule has 1 amide bonds. The highest BCUT2D eigenvalue weighted by molar-refractivity contribution is 7.89. The van der Waals surface area contributed by atoms with Crippen LogP contribution in [0.5, 0.6) is 0 Å². The number of primary sulfonamides is 1. The first-order chi connectivity index (χ1) is 9.27. The summed E-state index contributed by atoms with van der Waals surface area (Å²) in [6.45, 7) is 3.28. The van der Waals surface area contributed by atoms with Crippen LogP contribution in [0.2, 0.25) is 0 Å². The van der Waals surface area contributed by atoms with Crippen molar-refractivity contribution >= 4 is 21.6 Å². The number of benzene rings is 1. The summed E-state index contributed by atoms with van der Waals surface area (Å²) >= 11 is 0. The lowest BCUT2D eigenvalue weighted by Gasteiger charge is -2.05. The lowest BCUT2D eigenvalue weighted by Crippen LogP contribution is -2.15. The molecule has 3 N–H and O–H groups in total. The number of anilines is 1. The number of amides is 1. The summed E-state index contributed by atoms with van der Waals surface area (Å²) in [7, 11) is -3.82. The van der Waals surface area contributed by atoms with E-state index in [-0.39, 0.29) is 10.7 Å². The molecule has 1 aromatic carbocycles. The molecule has 0 saturated heterocycles. The number of nitrogens with two attached hydrogens (primary N) is 1. The van der Waals surface area contributed by atoms with E-state index < -0.39 is 15.9 Å². The second kappa shape index (κ2) is 5.06. The largest absolute Gasteiger partial charge is 0.436 e. The fourth-order valence-electron chi connectivity index (χ4n) is 1.68. The number of hydrogen-bond acceptors (Lipinski definition) is 5. The summed E-state index contributed by atoms with van der Waals surface area (Å²) in [5.74, 6) is -0.0379. The van der Waals surface area contributed by atoms with Crippen LogP contribution in [0.25, 0.3) is 0 Å². The van der Waals surface area contributed by atoms with E-state index in [1.54, 1.807) is 19.9 Å². The van der Waals surface area contributed by atoms with Gasteiger partial charge in [0.2, 0.25) is 15.8 Å². The molecule has 0 bridgehead atoms. The molecular weight excluding hydrogens is 282 g/mol. The first kappa shape index (κ1) is 14.2. The van der Waals surface area contributed by atoms with Crippen molar-refractivity contribution in [3.8, 4) is 0 Å². The van der Waals surface area contributed by atoms with Crippen molar-refractivity contribution in [3.05, 3.63) is 41.6 Å². The highest BCUT2D eigenvalue weighted by Crippen LogP contribution is 2.16. The number of sulfonamides is 1. The minimum atomic E-state index is -3.82. The third kappa shape index (κ3) is 3.03. The first-order valence-corrected chi connectivity index (χ1v) is 7.20. The molecule has 0 radical (unpaired) electrons. The maximum Gasteiger partial charge on any atom is 0.293 e. The summed E-state index contributed by atoms with van der Waals surface area (Å²) in [4.78, 5) is 15.9. The maximum atomic E-state index is 12.0. The second-order valence-electron chi connectivity index (χ2n) is 4.17. The quantitative estimate of drug-likeness (QED) is 0.882. The van der Waals surface area contributed by atoms with Gasteiger partial charge in [-0.05, 0) is 25.1 Å². The Morgan fingerprint density at radius 1 is 1.35 bits per heavy atom. The topological polar surface area (TPSA) is 115 Å². The third-order valence-electron chi connectivity index (χ3n) is 2.53. The van der Waals surface area contributed by atoms with E-state index in [0.717, 1.165) is 0 Å². The average Bonchev–Trinajstić information content (AvgIpc) is 2.68. The molecule has 0 fully saturated rings. The summed E-state index contributed by atoms with van der Waals surface area (Å²) < 4.78 is 27.6. The van der Waals surface area contributed by atoms with Crippen LogP contribution < -0.4 is 10.5 Å². The molecule has 0 aliphatic rings. The Morgan fingerprint density at radius 3 is 2.60 bits per heavy atom. The molecule has 0 spiro atoms. The smallest absolute Gasteiger partial charge is 0.293 e. The van der Waals surface area contributed by atoms with Gasteiger partial charge in [-0.1, -0.05) is 6.07 Å². The molecule has 20 heavy (non-hydrogen) atoms. The van der Waals surface area contributed by atoms with Gasteiger partial charge in [-0.3, -0.25) is 4.79 Å². The zero-order valence-corrected chi connectivity index (χ0v) is 11.7. The first-order valence-electron chi connectivity index (χ1n) is 5.65. The van der Waals surface area contributed by atoms with E-state index in [1.165, 1.54) is 18.2 Å². The van der Waals surface area contributed by atoms with Crippen LogP contribution >= 0.6 is 0 Å². The molecule has 8 heteroatoms. The predicted molar refractivity (Wildman–Crippen MR) is 71.7 cm³/mol. The van der Waals surface area contributed by atoms with Gasteiger partial charge in [0.25, 0.3) is 5.91 Å². The van der Waals surface area contributed by atoms with Crippen LogP contribution in [-0.2, 0) is 10.0 Å². The Morgan fingerprint density at radius 2 is 2.05 bits per heavy atom. The van der Waals surface area contributed by atoms with E-state index in [4.69, 9.17) is 9.56 Å². The number of nitrogens with zero attached hydrogens (tertiary/aromatic N) is 1. The Labute approximate surface area is 115 Å². The predicted octanol–water partition coefficient (Wildman–Crippen LogP) is 1.19. The minimum Gasteiger partial charge on any atom is -0.436 e. The van der Waals surface area contributed by atoms with Crippen molar-refractivity contribution in [3.63, 3.8) is 0 Å². The molecule has 0 unspecified atom stereocenters. The Kier molecular flexibility index (Phi) is 3.60. The number of carbonyl (C=O) groups is 1. The number of oxazole rings is 1. The van der Waals surface area contributed by atoms with Gasteiger partial charge >= 0.3 is 0 Å². The number of aryl methyl sites for hydroxylation is 2. The molecule has 2 rings (SSSR count). The van der Waals surface area contributed by atoms with Gasteiger partial charge in [0.1, 0.15) is 0 Å². The lowest BCUT2D eigenvalue weighted by molar-refractivity contribution is 0.0994. The Hall–Kier alpha value is -2.19. The van der Waals surface area contributed by atoms with E-state index in [2.05, 4.69) is 10.3 Å². The molecule has 0 aliphatic carbocycles. The summed E-state index contributed by atoms with van der Waals surface area (Å²) in [5, 5.41) is 7.56. The fraction of sp³-hybridized carbons (Fsp3) is 0.167. The van der Waals surface area contributed by atoms with Crippen molar-refractivity contribution < 1.29 is 17.6 Å². The van der Waals surface area contributed by atoms with Gasteiger partial charge in [-0.15, -0.1) is 0 Å². The van der Waals surface area contributed by atoms with Gasteiger partial charge in [-0.2, -0.15) is 0 Å². The number of nitrogens with one attached hydrogen (secondary N) is 1. The van der Waals surface area contributed by atoms with E-state index in [1.807, 2.05) is 0 Å². The molecule has 7 nitrogen and oxygen atoms in total. The SMILES string of the molecule is Cc1nc(C)c(C(=O)Nc2cccc(S(N)(=O)=O)c2)o1. The molecular formula is C12H13N3O4S. The molecule has 0 saturated carbocycles. The van der Waals surface area contributed by atoms with Crippen LogP contribution in [0.1, 0.15) is 22.1 Å². The van der Waals surface area contributed by atoms with Crippen molar-refractivity contribution in [1.29, 1.82) is 0 Å². The van der Waals surface area contributed by atoms with Crippen LogP contribution in [0, 0.1) is 13.8 Å². The summed E-state index contributed by atoms with van der Waals surface area (Å²) in [6, 6.07) is 5.64. The summed E-state index contributed by atoms with van der Waals surface area (Å²) in [5.41, 5.74) is 0.762. The monoisotopic (exact) mass is 295 g/mol. The average molecular weight is 295 g/mol. The summed E-state index contributed by atoms with van der Waals surface area (Å²) in [6.07, 6.45) is 0. The van der Waals surface area contributed by atoms with Gasteiger partial charge < -0.3 is 9.73 Å². The molecule has 1 aromatic heterocycles. The van der Waals surface area contributed by atoms with Gasteiger partial charge in [0, 0.05) is 12.6 Å². The molecule has 106 valence electrons. The van der Waals surface area contributed by atoms with Gasteiger partial charge in [0.05, 0.1) is 10.6 Å². The maximum absolute atomic E-state index is 12.0. The second-order valence-corrected chi connectivity index (χ2v) is 5.74. The Bertz CT molecular complexity index is 765. The van der Waals surface area contributed by atoms with E-state index >= 15 is 0 Å². The zero-order chi connectivity index (χ0) is 14.9. The van der Waals surface area contributed by atoms with Crippen LogP contribution in [-0.4, -0.2) is 19.3 Å². The normalized spacial score (nSPS) is 11.3. The van der Waals surface area contributed by atoms with E-state index in [0.29, 0.717) is 17.3 Å². The number of aromatic nitrogens is 1. The number of hydrogen-bond donors (Lipinski definition) is 2. The lowest BCUT2D eigenvalue weighted by atomic mass is 10.3. The number of rotatable bonds is 3. The van der Waals surface area contributed by atoms with E-state index in [9.17, 15) is 13.2 Å². The molecule has 2 aromatic rings. The molecule has 1 heterocycles. The standard InChI is InChI=1S/C12H13N3O4S/c1-7-11(19-8(2)14-7)12(16)15-9-4-3-5-10(6-9)20(13,17)18/h3-6H,1-2H3,(H,15,16)(H2,13,17,18). The highest BCUT2D eigenvalue weighted by atomic mass is 32.2.